The van der Waals surface area contributed by atoms with E-state index in [1.807, 2.05) is 48.1 Å². The third-order valence-corrected chi connectivity index (χ3v) is 9.20. The molecule has 4 aromatic rings. The Bertz CT molecular complexity index is 1900. The van der Waals surface area contributed by atoms with Gasteiger partial charge in [0.1, 0.15) is 11.4 Å². The molecule has 5 heterocycles. The Labute approximate surface area is 278 Å². The van der Waals surface area contributed by atoms with E-state index >= 15 is 0 Å². The minimum absolute atomic E-state index is 0.0199. The summed E-state index contributed by atoms with van der Waals surface area (Å²) in [5.41, 5.74) is 5.21. The van der Waals surface area contributed by atoms with Gasteiger partial charge in [-0.2, -0.15) is 0 Å². The first kappa shape index (κ1) is 31.3. The van der Waals surface area contributed by atoms with Crippen molar-refractivity contribution in [2.45, 2.75) is 12.8 Å². The number of morpholine rings is 1. The number of benzene rings is 2. The topological polar surface area (TPSA) is 121 Å². The minimum Gasteiger partial charge on any atom is -0.452 e. The fourth-order valence-corrected chi connectivity index (χ4v) is 6.70. The Kier molecular flexibility index (Phi) is 8.49. The number of anilines is 4. The summed E-state index contributed by atoms with van der Waals surface area (Å²) >= 11 is 0. The number of rotatable bonds is 6. The second-order valence-electron chi connectivity index (χ2n) is 12.6. The van der Waals surface area contributed by atoms with Gasteiger partial charge in [-0.05, 0) is 67.4 Å². The number of carbonyl (C=O) groups excluding carboxylic acids is 3. The van der Waals surface area contributed by atoms with Crippen LogP contribution < -0.4 is 25.2 Å². The smallest absolute Gasteiger partial charge is 0.323 e. The van der Waals surface area contributed by atoms with Crippen LogP contribution in [-0.2, 0) is 16.6 Å². The van der Waals surface area contributed by atoms with E-state index in [9.17, 15) is 14.4 Å². The van der Waals surface area contributed by atoms with Crippen LogP contribution in [0.5, 0.6) is 5.75 Å². The van der Waals surface area contributed by atoms with Crippen LogP contribution >= 0.6 is 0 Å². The fourth-order valence-electron chi connectivity index (χ4n) is 6.70. The molecule has 2 N–H and O–H groups in total. The van der Waals surface area contributed by atoms with Gasteiger partial charge in [-0.1, -0.05) is 0 Å². The van der Waals surface area contributed by atoms with Crippen LogP contribution in [0.25, 0.3) is 17.1 Å². The van der Waals surface area contributed by atoms with E-state index < -0.39 is 6.03 Å². The number of fused-ring (bicyclic) bond motifs is 2. The standard InChI is InChI=1S/C36H39N7O5/c1-40(2)35(45)23-11-14-43(15-12-23)29-10-13-37-34-32(29)24(22-41(34)3)20-31-33(44)28-21-26(6-9-30(28)48-31)39-36(46)38-25-4-7-27(8-5-25)42-16-18-47-19-17-42/h4-10,13,20-23H,11-12,14-19H2,1-3H3,(H2,38,39,46)/b31-20-. The molecule has 2 fully saturated rings. The number of carbonyl (C=O) groups is 3. The Hall–Kier alpha value is -5.36. The number of nitrogens with zero attached hydrogens (tertiary/aromatic N) is 5. The number of hydrogen-bond acceptors (Lipinski definition) is 8. The largest absolute Gasteiger partial charge is 0.452 e. The predicted molar refractivity (Wildman–Crippen MR) is 186 cm³/mol. The van der Waals surface area contributed by atoms with Crippen molar-refractivity contribution in [2.24, 2.45) is 13.0 Å². The van der Waals surface area contributed by atoms with Gasteiger partial charge in [0.15, 0.2) is 5.76 Å². The van der Waals surface area contributed by atoms with Crippen molar-refractivity contribution in [3.05, 3.63) is 77.8 Å². The van der Waals surface area contributed by atoms with Gasteiger partial charge in [0.05, 0.1) is 18.8 Å². The maximum Gasteiger partial charge on any atom is 0.323 e. The molecule has 0 spiro atoms. The Morgan fingerprint density at radius 2 is 1.65 bits per heavy atom. The molecule has 0 unspecified atom stereocenters. The number of allylic oxidation sites excluding steroid dienone is 1. The molecule has 0 radical (unpaired) electrons. The summed E-state index contributed by atoms with van der Waals surface area (Å²) in [6, 6.07) is 14.3. The van der Waals surface area contributed by atoms with Crippen LogP contribution in [0.2, 0.25) is 0 Å². The molecule has 248 valence electrons. The number of urea groups is 1. The van der Waals surface area contributed by atoms with E-state index in [2.05, 4.69) is 25.4 Å². The Balaban J connectivity index is 1.05. The number of aryl methyl sites for hydroxylation is 1. The van der Waals surface area contributed by atoms with Crippen LogP contribution in [0.15, 0.2) is 66.7 Å². The second-order valence-corrected chi connectivity index (χ2v) is 12.6. The number of nitrogens with one attached hydrogen (secondary N) is 2. The molecule has 0 saturated carbocycles. The highest BCUT2D eigenvalue weighted by Crippen LogP contribution is 2.37. The monoisotopic (exact) mass is 649 g/mol. The molecule has 48 heavy (non-hydrogen) atoms. The molecule has 3 aliphatic heterocycles. The molecule has 2 aromatic carbocycles. The number of ether oxygens (including phenoxy) is 2. The van der Waals surface area contributed by atoms with Gasteiger partial charge in [0, 0.05) is 99.3 Å². The third-order valence-electron chi connectivity index (χ3n) is 9.20. The zero-order valence-electron chi connectivity index (χ0n) is 27.4. The van der Waals surface area contributed by atoms with E-state index in [1.165, 1.54) is 0 Å². The van der Waals surface area contributed by atoms with Crippen molar-refractivity contribution in [2.75, 3.05) is 73.9 Å². The molecule has 3 amide bonds. The highest BCUT2D eigenvalue weighted by atomic mass is 16.5. The molecule has 7 rings (SSSR count). The maximum atomic E-state index is 13.6. The summed E-state index contributed by atoms with van der Waals surface area (Å²) < 4.78 is 13.4. The summed E-state index contributed by atoms with van der Waals surface area (Å²) in [5, 5.41) is 6.60. The molecular formula is C36H39N7O5. The normalized spacial score (nSPS) is 17.4. The lowest BCUT2D eigenvalue weighted by atomic mass is 9.95. The highest BCUT2D eigenvalue weighted by molar-refractivity contribution is 6.16. The third kappa shape index (κ3) is 6.18. The lowest BCUT2D eigenvalue weighted by molar-refractivity contribution is -0.133. The van der Waals surface area contributed by atoms with Crippen molar-refractivity contribution in [3.63, 3.8) is 0 Å². The van der Waals surface area contributed by atoms with Crippen molar-refractivity contribution in [3.8, 4) is 5.75 Å². The molecule has 0 aliphatic carbocycles. The van der Waals surface area contributed by atoms with Gasteiger partial charge >= 0.3 is 6.03 Å². The number of pyridine rings is 1. The van der Waals surface area contributed by atoms with E-state index in [0.29, 0.717) is 35.9 Å². The van der Waals surface area contributed by atoms with Gasteiger partial charge in [0.25, 0.3) is 0 Å². The summed E-state index contributed by atoms with van der Waals surface area (Å²) in [6.07, 6.45) is 7.05. The van der Waals surface area contributed by atoms with E-state index in [1.54, 1.807) is 49.5 Å². The van der Waals surface area contributed by atoms with Crippen molar-refractivity contribution in [1.82, 2.24) is 14.5 Å². The van der Waals surface area contributed by atoms with E-state index in [-0.39, 0.29) is 23.4 Å². The molecule has 2 saturated heterocycles. The maximum absolute atomic E-state index is 13.6. The predicted octanol–water partition coefficient (Wildman–Crippen LogP) is 4.97. The first-order chi connectivity index (χ1) is 23.2. The minimum atomic E-state index is -0.415. The van der Waals surface area contributed by atoms with Gasteiger partial charge in [0.2, 0.25) is 11.7 Å². The first-order valence-corrected chi connectivity index (χ1v) is 16.2. The quantitative estimate of drug-likeness (QED) is 0.281. The molecule has 0 bridgehead atoms. The van der Waals surface area contributed by atoms with Gasteiger partial charge < -0.3 is 39.4 Å². The average Bonchev–Trinajstić information content (AvgIpc) is 3.59. The zero-order valence-corrected chi connectivity index (χ0v) is 27.4. The molecule has 0 atom stereocenters. The summed E-state index contributed by atoms with van der Waals surface area (Å²) in [4.78, 5) is 49.8. The summed E-state index contributed by atoms with van der Waals surface area (Å²) in [7, 11) is 5.53. The van der Waals surface area contributed by atoms with Gasteiger partial charge in [-0.15, -0.1) is 0 Å². The van der Waals surface area contributed by atoms with E-state index in [4.69, 9.17) is 9.47 Å². The lowest BCUT2D eigenvalue weighted by Gasteiger charge is -2.34. The number of amides is 3. The van der Waals surface area contributed by atoms with E-state index in [0.717, 1.165) is 67.0 Å². The highest BCUT2D eigenvalue weighted by Gasteiger charge is 2.30. The number of piperidine rings is 1. The van der Waals surface area contributed by atoms with Crippen LogP contribution in [0.1, 0.15) is 28.8 Å². The van der Waals surface area contributed by atoms with Crippen molar-refractivity contribution in [1.29, 1.82) is 0 Å². The van der Waals surface area contributed by atoms with Gasteiger partial charge in [-0.25, -0.2) is 9.78 Å². The number of hydrogen-bond donors (Lipinski definition) is 2. The van der Waals surface area contributed by atoms with Crippen molar-refractivity contribution >= 4 is 57.6 Å². The molecule has 12 nitrogen and oxygen atoms in total. The zero-order chi connectivity index (χ0) is 33.4. The Morgan fingerprint density at radius 3 is 2.38 bits per heavy atom. The molecule has 2 aromatic heterocycles. The summed E-state index contributed by atoms with van der Waals surface area (Å²) in [5.74, 6) is 0.556. The lowest BCUT2D eigenvalue weighted by Crippen LogP contribution is -2.40. The summed E-state index contributed by atoms with van der Waals surface area (Å²) in [6.45, 7) is 4.59. The second kappa shape index (κ2) is 13.0. The van der Waals surface area contributed by atoms with Crippen LogP contribution in [0, 0.1) is 5.92 Å². The molecular weight excluding hydrogens is 610 g/mol. The molecule has 12 heteroatoms. The van der Waals surface area contributed by atoms with Gasteiger partial charge in [-0.3, -0.25) is 9.59 Å². The fraction of sp³-hybridized carbons (Fsp3) is 0.333. The number of ketones is 1. The molecule has 3 aliphatic rings. The first-order valence-electron chi connectivity index (χ1n) is 16.2. The van der Waals surface area contributed by atoms with Crippen LogP contribution in [0.3, 0.4) is 0 Å². The Morgan fingerprint density at radius 1 is 0.938 bits per heavy atom. The van der Waals surface area contributed by atoms with Crippen LogP contribution in [0.4, 0.5) is 27.5 Å². The van der Waals surface area contributed by atoms with Crippen molar-refractivity contribution < 1.29 is 23.9 Å². The number of Topliss-reactive ketones (excluding diaryl/α,β-unsaturated/α-hetero) is 1. The number of aromatic nitrogens is 2. The SMILES string of the molecule is CN(C)C(=O)C1CCN(c2ccnc3c2c(/C=C2\Oc4ccc(NC(=O)Nc5ccc(N6CCOCC6)cc5)cc4C2=O)cn3C)CC1. The average molecular weight is 650 g/mol. The van der Waals surface area contributed by atoms with Crippen LogP contribution in [-0.4, -0.2) is 85.7 Å².